The van der Waals surface area contributed by atoms with E-state index in [1.807, 2.05) is 35.7 Å². The molecule has 8 heteroatoms. The lowest BCUT2D eigenvalue weighted by Crippen LogP contribution is -2.31. The van der Waals surface area contributed by atoms with E-state index < -0.39 is 0 Å². The molecule has 3 heterocycles. The van der Waals surface area contributed by atoms with Gasteiger partial charge in [-0.3, -0.25) is 9.20 Å². The van der Waals surface area contributed by atoms with Gasteiger partial charge in [0, 0.05) is 29.3 Å². The van der Waals surface area contributed by atoms with E-state index in [0.29, 0.717) is 38.6 Å². The van der Waals surface area contributed by atoms with Crippen molar-refractivity contribution in [1.29, 1.82) is 0 Å². The maximum Gasteiger partial charge on any atom is 0.237 e. The van der Waals surface area contributed by atoms with E-state index in [1.54, 1.807) is 19.1 Å². The van der Waals surface area contributed by atoms with Crippen LogP contribution in [0, 0.1) is 6.92 Å². The zero-order chi connectivity index (χ0) is 18.6. The molecule has 0 radical (unpaired) electrons. The van der Waals surface area contributed by atoms with Gasteiger partial charge in [-0.2, -0.15) is 0 Å². The number of amides is 1. The second-order valence-corrected chi connectivity index (χ2v) is 7.76. The Morgan fingerprint density at radius 1 is 1.35 bits per heavy atom. The molecule has 0 aliphatic carbocycles. The van der Waals surface area contributed by atoms with Gasteiger partial charge in [0.1, 0.15) is 11.3 Å². The van der Waals surface area contributed by atoms with E-state index in [0.717, 1.165) is 16.2 Å². The fourth-order valence-electron chi connectivity index (χ4n) is 3.22. The second kappa shape index (κ2) is 6.37. The number of carbonyl (C=O) groups is 1. The molecule has 0 atom stereocenters. The highest BCUT2D eigenvalue weighted by atomic mass is 35.5. The summed E-state index contributed by atoms with van der Waals surface area (Å²) in [5.41, 5.74) is 3.60. The van der Waals surface area contributed by atoms with E-state index in [4.69, 9.17) is 27.9 Å². The number of pyridine rings is 1. The summed E-state index contributed by atoms with van der Waals surface area (Å²) in [4.78, 5) is 19.2. The van der Waals surface area contributed by atoms with Crippen molar-refractivity contribution in [3.63, 3.8) is 0 Å². The van der Waals surface area contributed by atoms with Crippen LogP contribution in [-0.2, 0) is 4.79 Å². The van der Waals surface area contributed by atoms with Crippen molar-refractivity contribution in [2.24, 2.45) is 0 Å². The Morgan fingerprint density at radius 2 is 2.12 bits per heavy atom. The molecule has 0 saturated heterocycles. The van der Waals surface area contributed by atoms with Gasteiger partial charge in [0.2, 0.25) is 11.8 Å². The van der Waals surface area contributed by atoms with E-state index >= 15 is 0 Å². The number of thioether (sulfide) groups is 1. The summed E-state index contributed by atoms with van der Waals surface area (Å²) in [6.45, 7) is 1.88. The third kappa shape index (κ3) is 2.47. The highest BCUT2D eigenvalue weighted by Gasteiger charge is 2.28. The molecule has 3 aromatic rings. The lowest BCUT2D eigenvalue weighted by Gasteiger charge is -2.28. The van der Waals surface area contributed by atoms with Crippen LogP contribution in [-0.4, -0.2) is 35.2 Å². The molecule has 1 aliphatic rings. The van der Waals surface area contributed by atoms with Gasteiger partial charge in [0.05, 0.1) is 28.6 Å². The van der Waals surface area contributed by atoms with Crippen LogP contribution >= 0.6 is 35.0 Å². The van der Waals surface area contributed by atoms with Crippen LogP contribution in [0.3, 0.4) is 0 Å². The molecule has 1 amide bonds. The lowest BCUT2D eigenvalue weighted by atomic mass is 10.1. The Balaban J connectivity index is 2.03. The average molecular weight is 408 g/mol. The number of halogens is 2. The summed E-state index contributed by atoms with van der Waals surface area (Å²) in [6, 6.07) is 5.67. The first-order valence-corrected chi connectivity index (χ1v) is 9.61. The number of imidazole rings is 1. The highest BCUT2D eigenvalue weighted by molar-refractivity contribution is 8.00. The molecule has 0 N–H and O–H groups in total. The van der Waals surface area contributed by atoms with Gasteiger partial charge in [0.25, 0.3) is 0 Å². The first kappa shape index (κ1) is 17.5. The molecule has 1 aliphatic heterocycles. The number of hydrogen-bond donors (Lipinski definition) is 0. The molecule has 134 valence electrons. The van der Waals surface area contributed by atoms with Crippen molar-refractivity contribution in [3.8, 4) is 17.0 Å². The molecule has 26 heavy (non-hydrogen) atoms. The maximum atomic E-state index is 12.1. The van der Waals surface area contributed by atoms with Gasteiger partial charge < -0.3 is 9.64 Å². The quantitative estimate of drug-likeness (QED) is 0.617. The van der Waals surface area contributed by atoms with Gasteiger partial charge in [0.15, 0.2) is 0 Å². The predicted molar refractivity (Wildman–Crippen MR) is 106 cm³/mol. The zero-order valence-electron chi connectivity index (χ0n) is 14.3. The van der Waals surface area contributed by atoms with Crippen molar-refractivity contribution >= 4 is 52.2 Å². The van der Waals surface area contributed by atoms with Crippen molar-refractivity contribution in [1.82, 2.24) is 9.38 Å². The minimum absolute atomic E-state index is 0.00852. The molecule has 0 spiro atoms. The molecule has 1 aromatic carbocycles. The number of hydrogen-bond acceptors (Lipinski definition) is 4. The minimum Gasteiger partial charge on any atom is -0.481 e. The fourth-order valence-corrected chi connectivity index (χ4v) is 5.17. The first-order chi connectivity index (χ1) is 12.4. The number of benzene rings is 1. The Labute approximate surface area is 164 Å². The zero-order valence-corrected chi connectivity index (χ0v) is 16.7. The van der Waals surface area contributed by atoms with Gasteiger partial charge in [-0.25, -0.2) is 4.98 Å². The standard InChI is InChI=1S/C18H15Cl2N3O2S/c1-9-18(25-3)23-6-4-5-10(17(23)21-9)14-11(19)7-12-16(15(14)20)22(2)13(24)8-26-12/h4-7H,8H2,1-3H3. The number of nitrogens with zero attached hydrogens (tertiary/aromatic N) is 3. The Hall–Kier alpha value is -1.89. The van der Waals surface area contributed by atoms with Crippen LogP contribution in [0.5, 0.6) is 5.88 Å². The van der Waals surface area contributed by atoms with Crippen molar-refractivity contribution in [3.05, 3.63) is 40.1 Å². The molecule has 0 unspecified atom stereocenters. The average Bonchev–Trinajstić information content (AvgIpc) is 2.93. The number of anilines is 1. The van der Waals surface area contributed by atoms with E-state index in [2.05, 4.69) is 4.98 Å². The number of carbonyl (C=O) groups excluding carboxylic acids is 1. The van der Waals surface area contributed by atoms with Crippen molar-refractivity contribution in [2.75, 3.05) is 24.8 Å². The normalized spacial score (nSPS) is 14.0. The largest absolute Gasteiger partial charge is 0.481 e. The first-order valence-electron chi connectivity index (χ1n) is 7.87. The number of methoxy groups -OCH3 is 1. The summed E-state index contributed by atoms with van der Waals surface area (Å²) in [6.07, 6.45) is 1.88. The smallest absolute Gasteiger partial charge is 0.237 e. The van der Waals surface area contributed by atoms with Crippen LogP contribution in [0.4, 0.5) is 5.69 Å². The van der Waals surface area contributed by atoms with Crippen LogP contribution in [0.2, 0.25) is 10.0 Å². The Bertz CT molecular complexity index is 1060. The van der Waals surface area contributed by atoms with Crippen LogP contribution in [0.25, 0.3) is 16.8 Å². The number of aromatic nitrogens is 2. The Morgan fingerprint density at radius 3 is 2.85 bits per heavy atom. The molecule has 0 bridgehead atoms. The summed E-state index contributed by atoms with van der Waals surface area (Å²) in [5, 5.41) is 0.972. The molecule has 4 rings (SSSR count). The van der Waals surface area contributed by atoms with Crippen LogP contribution in [0.15, 0.2) is 29.3 Å². The van der Waals surface area contributed by atoms with E-state index in [-0.39, 0.29) is 5.91 Å². The summed E-state index contributed by atoms with van der Waals surface area (Å²) >= 11 is 14.8. The second-order valence-electron chi connectivity index (χ2n) is 5.96. The lowest BCUT2D eigenvalue weighted by molar-refractivity contribution is -0.116. The van der Waals surface area contributed by atoms with Gasteiger partial charge in [-0.15, -0.1) is 11.8 Å². The van der Waals surface area contributed by atoms with Crippen molar-refractivity contribution in [2.45, 2.75) is 11.8 Å². The topological polar surface area (TPSA) is 46.8 Å². The van der Waals surface area contributed by atoms with Gasteiger partial charge >= 0.3 is 0 Å². The molecule has 0 fully saturated rings. The summed E-state index contributed by atoms with van der Waals surface area (Å²) < 4.78 is 7.31. The molecule has 2 aromatic heterocycles. The van der Waals surface area contributed by atoms with Gasteiger partial charge in [-0.1, -0.05) is 23.2 Å². The monoisotopic (exact) mass is 407 g/mol. The molecule has 5 nitrogen and oxygen atoms in total. The molecular formula is C18H15Cl2N3O2S. The summed E-state index contributed by atoms with van der Waals surface area (Å²) in [5.74, 6) is 1.05. The van der Waals surface area contributed by atoms with E-state index in [1.165, 1.54) is 11.8 Å². The third-order valence-electron chi connectivity index (χ3n) is 4.45. The highest BCUT2D eigenvalue weighted by Crippen LogP contribution is 2.49. The maximum absolute atomic E-state index is 12.1. The number of aryl methyl sites for hydroxylation is 1. The minimum atomic E-state index is 0.00852. The van der Waals surface area contributed by atoms with Crippen molar-refractivity contribution < 1.29 is 9.53 Å². The fraction of sp³-hybridized carbons (Fsp3) is 0.222. The molecular weight excluding hydrogens is 393 g/mol. The van der Waals surface area contributed by atoms with Gasteiger partial charge in [-0.05, 0) is 25.1 Å². The number of fused-ring (bicyclic) bond motifs is 2. The Kier molecular flexibility index (Phi) is 4.29. The summed E-state index contributed by atoms with van der Waals surface area (Å²) in [7, 11) is 3.34. The van der Waals surface area contributed by atoms with Crippen LogP contribution < -0.4 is 9.64 Å². The SMILES string of the molecule is COc1c(C)nc2c(-c3c(Cl)cc4c(c3Cl)N(C)C(=O)CS4)cccn12. The van der Waals surface area contributed by atoms with E-state index in [9.17, 15) is 4.79 Å². The predicted octanol–water partition coefficient (Wildman–Crippen LogP) is 4.69. The number of rotatable bonds is 2. The number of ether oxygens (including phenoxy) is 1. The third-order valence-corrected chi connectivity index (χ3v) is 6.13. The molecule has 0 saturated carbocycles. The van der Waals surface area contributed by atoms with Crippen LogP contribution in [0.1, 0.15) is 5.69 Å².